The van der Waals surface area contributed by atoms with E-state index in [1.165, 1.54) is 4.68 Å². The van der Waals surface area contributed by atoms with Crippen LogP contribution in [0.2, 0.25) is 0 Å². The molecule has 1 aromatic carbocycles. The van der Waals surface area contributed by atoms with E-state index < -0.39 is 11.7 Å². The van der Waals surface area contributed by atoms with Crippen LogP contribution in [0.4, 0.5) is 10.7 Å². The number of nitrogen functional groups attached to an aromatic ring is 1. The summed E-state index contributed by atoms with van der Waals surface area (Å²) in [6.07, 6.45) is 2.07. The van der Waals surface area contributed by atoms with E-state index in [2.05, 4.69) is 20.3 Å². The average Bonchev–Trinajstić information content (AvgIpc) is 3.24. The van der Waals surface area contributed by atoms with Gasteiger partial charge in [-0.3, -0.25) is 0 Å². The Morgan fingerprint density at radius 1 is 1.27 bits per heavy atom. The van der Waals surface area contributed by atoms with Crippen LogP contribution in [0.1, 0.15) is 30.7 Å². The van der Waals surface area contributed by atoms with E-state index in [0.29, 0.717) is 52.3 Å². The molecule has 3 heterocycles. The van der Waals surface area contributed by atoms with Crippen LogP contribution in [0.3, 0.4) is 0 Å². The summed E-state index contributed by atoms with van der Waals surface area (Å²) in [4.78, 5) is 20.5. The molecule has 0 saturated heterocycles. The molecular weight excluding hydrogens is 426 g/mol. The van der Waals surface area contributed by atoms with Gasteiger partial charge in [-0.05, 0) is 31.4 Å². The van der Waals surface area contributed by atoms with Crippen molar-refractivity contribution < 1.29 is 24.3 Å². The number of ether oxygens (including phenoxy) is 1. The van der Waals surface area contributed by atoms with Gasteiger partial charge in [-0.2, -0.15) is 0 Å². The number of carbonyl (C=O) groups excluding carboxylic acids is 1. The highest BCUT2D eigenvalue weighted by molar-refractivity contribution is 5.95. The summed E-state index contributed by atoms with van der Waals surface area (Å²) in [6.45, 7) is 0.0900. The number of rotatable bonds is 5. The third kappa shape index (κ3) is 3.52. The third-order valence-electron chi connectivity index (χ3n) is 5.94. The number of fused-ring (bicyclic) bond motifs is 1. The number of pyridine rings is 1. The van der Waals surface area contributed by atoms with Gasteiger partial charge in [-0.25, -0.2) is 14.6 Å². The lowest BCUT2D eigenvalue weighted by Gasteiger charge is -2.34. The van der Waals surface area contributed by atoms with Gasteiger partial charge in [0.15, 0.2) is 0 Å². The van der Waals surface area contributed by atoms with E-state index >= 15 is 0 Å². The molecule has 4 aromatic rings. The second kappa shape index (κ2) is 7.78. The van der Waals surface area contributed by atoms with Crippen molar-refractivity contribution in [3.8, 4) is 17.1 Å². The second-order valence-corrected chi connectivity index (χ2v) is 7.98. The number of nitrogens with zero attached hydrogens (tertiary/aromatic N) is 6. The van der Waals surface area contributed by atoms with Crippen LogP contribution < -0.4 is 20.1 Å². The molecule has 0 amide bonds. The van der Waals surface area contributed by atoms with E-state index in [4.69, 9.17) is 10.5 Å². The molecule has 0 atom stereocenters. The Labute approximate surface area is 188 Å². The number of benzene rings is 1. The van der Waals surface area contributed by atoms with Gasteiger partial charge in [0.25, 0.3) is 0 Å². The van der Waals surface area contributed by atoms with Gasteiger partial charge in [0.1, 0.15) is 34.8 Å². The van der Waals surface area contributed by atoms with E-state index in [1.54, 1.807) is 37.6 Å². The van der Waals surface area contributed by atoms with Gasteiger partial charge in [0.05, 0.1) is 13.3 Å². The van der Waals surface area contributed by atoms with Crippen LogP contribution >= 0.6 is 0 Å². The average molecular weight is 447 g/mol. The first-order valence-corrected chi connectivity index (χ1v) is 10.4. The van der Waals surface area contributed by atoms with Crippen LogP contribution in [0.5, 0.6) is 5.75 Å². The molecule has 0 bridgehead atoms. The Balaban J connectivity index is 1.54. The summed E-state index contributed by atoms with van der Waals surface area (Å²) in [6, 6.07) is 10.4. The molecule has 1 aliphatic carbocycles. The molecule has 1 aliphatic rings. The maximum atomic E-state index is 11.9. The molecule has 0 unspecified atom stereocenters. The third-order valence-corrected chi connectivity index (χ3v) is 5.94. The molecular formula is C22H21N7O4. The summed E-state index contributed by atoms with van der Waals surface area (Å²) < 4.78 is 7.88. The zero-order valence-corrected chi connectivity index (χ0v) is 17.8. The van der Waals surface area contributed by atoms with Gasteiger partial charge >= 0.3 is 6.09 Å². The maximum absolute atomic E-state index is 11.9. The lowest BCUT2D eigenvalue weighted by molar-refractivity contribution is -0.653. The lowest BCUT2D eigenvalue weighted by Crippen LogP contribution is -2.61. The zero-order valence-electron chi connectivity index (χ0n) is 17.8. The molecule has 0 radical (unpaired) electrons. The highest BCUT2D eigenvalue weighted by Crippen LogP contribution is 2.39. The number of para-hydroxylation sites is 1. The van der Waals surface area contributed by atoms with Crippen LogP contribution in [-0.4, -0.2) is 43.3 Å². The van der Waals surface area contributed by atoms with Crippen molar-refractivity contribution in [2.24, 2.45) is 0 Å². The Hall–Kier alpha value is -4.12. The Morgan fingerprint density at radius 2 is 2.06 bits per heavy atom. The number of methoxy groups -OCH3 is 1. The number of aromatic nitrogens is 6. The van der Waals surface area contributed by atoms with Crippen LogP contribution in [-0.2, 0) is 12.1 Å². The van der Waals surface area contributed by atoms with E-state index in [1.807, 2.05) is 12.1 Å². The molecule has 0 spiro atoms. The minimum Gasteiger partial charge on any atom is -0.494 e. The SMILES string of the molecule is COc1cccc2c(-c3cn(Cc4cccc(C5(O)CCC5)[n+]4C(=O)[O-])nn3)nc(N)nc12. The van der Waals surface area contributed by atoms with Gasteiger partial charge < -0.3 is 25.5 Å². The molecule has 1 saturated carbocycles. The van der Waals surface area contributed by atoms with Crippen molar-refractivity contribution >= 4 is 22.9 Å². The molecule has 168 valence electrons. The van der Waals surface area contributed by atoms with Gasteiger partial charge in [0.2, 0.25) is 17.3 Å². The molecule has 3 aromatic heterocycles. The topological polar surface area (TPSA) is 156 Å². The largest absolute Gasteiger partial charge is 0.494 e. The first-order valence-electron chi connectivity index (χ1n) is 10.4. The molecule has 3 N–H and O–H groups in total. The normalized spacial score (nSPS) is 14.7. The van der Waals surface area contributed by atoms with Gasteiger partial charge in [-0.15, -0.1) is 9.67 Å². The van der Waals surface area contributed by atoms with E-state index in [-0.39, 0.29) is 12.5 Å². The minimum atomic E-state index is -1.41. The first-order chi connectivity index (χ1) is 15.9. The molecule has 11 heteroatoms. The van der Waals surface area contributed by atoms with Gasteiger partial charge in [0, 0.05) is 17.5 Å². The summed E-state index contributed by atoms with van der Waals surface area (Å²) in [5.41, 5.74) is 6.90. The van der Waals surface area contributed by atoms with Crippen molar-refractivity contribution in [2.75, 3.05) is 12.8 Å². The summed E-state index contributed by atoms with van der Waals surface area (Å²) in [5.74, 6) is 0.615. The first kappa shape index (κ1) is 20.8. The van der Waals surface area contributed by atoms with Crippen LogP contribution in [0.15, 0.2) is 42.6 Å². The molecule has 5 rings (SSSR count). The summed E-state index contributed by atoms with van der Waals surface area (Å²) >= 11 is 0. The highest BCUT2D eigenvalue weighted by atomic mass is 16.5. The lowest BCUT2D eigenvalue weighted by atomic mass is 9.77. The zero-order chi connectivity index (χ0) is 23.2. The fourth-order valence-corrected chi connectivity index (χ4v) is 4.18. The smallest absolute Gasteiger partial charge is 0.343 e. The van der Waals surface area contributed by atoms with Crippen molar-refractivity contribution in [3.05, 3.63) is 54.0 Å². The Kier molecular flexibility index (Phi) is 4.90. The maximum Gasteiger partial charge on any atom is 0.343 e. The van der Waals surface area contributed by atoms with Crippen LogP contribution in [0.25, 0.3) is 22.3 Å². The second-order valence-electron chi connectivity index (χ2n) is 7.98. The highest BCUT2D eigenvalue weighted by Gasteiger charge is 2.44. The number of anilines is 1. The van der Waals surface area contributed by atoms with Crippen molar-refractivity contribution in [3.63, 3.8) is 0 Å². The number of hydrogen-bond acceptors (Lipinski definition) is 9. The van der Waals surface area contributed by atoms with Crippen molar-refractivity contribution in [1.29, 1.82) is 0 Å². The summed E-state index contributed by atoms with van der Waals surface area (Å²) in [7, 11) is 1.55. The van der Waals surface area contributed by atoms with Crippen molar-refractivity contribution in [1.82, 2.24) is 25.0 Å². The summed E-state index contributed by atoms with van der Waals surface area (Å²) in [5, 5.41) is 31.7. The number of nitrogens with two attached hydrogens (primary N) is 1. The van der Waals surface area contributed by atoms with Crippen LogP contribution in [0, 0.1) is 0 Å². The quantitative estimate of drug-likeness (QED) is 0.413. The molecule has 11 nitrogen and oxygen atoms in total. The number of hydrogen-bond donors (Lipinski definition) is 2. The minimum absolute atomic E-state index is 0.0628. The molecule has 0 aliphatic heterocycles. The monoisotopic (exact) mass is 447 g/mol. The Morgan fingerprint density at radius 3 is 2.76 bits per heavy atom. The number of carbonyl (C=O) groups is 1. The van der Waals surface area contributed by atoms with Crippen molar-refractivity contribution in [2.45, 2.75) is 31.4 Å². The number of aliphatic hydroxyl groups is 1. The fraction of sp³-hybridized carbons (Fsp3) is 0.273. The standard InChI is InChI=1S/C22H21N7O4/c1-33-16-7-3-6-14-18(24-20(23)25-19(14)16)15-12-28(27-26-15)11-13-5-2-8-17(29(13)21(30)31)22(32)9-4-10-22/h2-3,5-8,12,32H,4,9-11H2,1H3,(H2-,23,24,25,30,31). The molecule has 33 heavy (non-hydrogen) atoms. The molecule has 1 fully saturated rings. The number of carboxylic acid groups (broad SMARTS) is 1. The van der Waals surface area contributed by atoms with Gasteiger partial charge in [-0.1, -0.05) is 17.3 Å². The van der Waals surface area contributed by atoms with E-state index in [0.717, 1.165) is 11.0 Å². The Bertz CT molecular complexity index is 1380. The fourth-order valence-electron chi connectivity index (χ4n) is 4.18. The predicted molar refractivity (Wildman–Crippen MR) is 114 cm³/mol. The van der Waals surface area contributed by atoms with E-state index in [9.17, 15) is 15.0 Å². The predicted octanol–water partition coefficient (Wildman–Crippen LogP) is 0.378.